The SMILES string of the molecule is CCCC[C@H](NC(=O)[C@H](C)NC(=O)[C@H](CCC(=O)O)NC(=O)[C@H](Cc1ccccc1)NC[C@H](CC(C)C)NC(=O)[C@@H](NC(=O)[C@@H]([NH3+])CCC[NH+]=C(N)N)C(C)C)C(N)=O. The molecule has 7 atom stereocenters. The van der Waals surface area contributed by atoms with Gasteiger partial charge >= 0.3 is 11.9 Å². The van der Waals surface area contributed by atoms with E-state index in [1.165, 1.54) is 6.92 Å². The van der Waals surface area contributed by atoms with Crippen molar-refractivity contribution in [1.82, 2.24) is 31.9 Å². The normalized spacial score (nSPS) is 14.7. The van der Waals surface area contributed by atoms with Crippen molar-refractivity contribution in [3.8, 4) is 0 Å². The van der Waals surface area contributed by atoms with Crippen LogP contribution in [0, 0.1) is 11.8 Å². The topological polar surface area (TPSA) is 332 Å². The van der Waals surface area contributed by atoms with E-state index in [9.17, 15) is 38.7 Å². The first-order valence-electron chi connectivity index (χ1n) is 20.5. The van der Waals surface area contributed by atoms with E-state index in [0.29, 0.717) is 38.6 Å². The number of rotatable bonds is 29. The smallest absolute Gasteiger partial charge is 0.338 e. The summed E-state index contributed by atoms with van der Waals surface area (Å²) in [4.78, 5) is 93.5. The van der Waals surface area contributed by atoms with Crippen LogP contribution in [0.25, 0.3) is 0 Å². The highest BCUT2D eigenvalue weighted by atomic mass is 16.4. The summed E-state index contributed by atoms with van der Waals surface area (Å²) in [7, 11) is 0. The van der Waals surface area contributed by atoms with E-state index < -0.39 is 84.2 Å². The average molecular weight is 834 g/mol. The minimum atomic E-state index is -1.34. The predicted molar refractivity (Wildman–Crippen MR) is 222 cm³/mol. The molecule has 0 spiro atoms. The molecule has 0 aliphatic rings. The number of quaternary nitrogens is 1. The quantitative estimate of drug-likeness (QED) is 0.0215. The molecule has 0 saturated heterocycles. The van der Waals surface area contributed by atoms with Gasteiger partial charge in [-0.25, -0.2) is 0 Å². The van der Waals surface area contributed by atoms with Crippen LogP contribution >= 0.6 is 0 Å². The maximum Gasteiger partial charge on any atom is 0.338 e. The lowest BCUT2D eigenvalue weighted by Gasteiger charge is -2.29. The molecule has 17 N–H and O–H groups in total. The number of carbonyl (C=O) groups excluding carboxylic acids is 6. The average Bonchev–Trinajstić information content (AvgIpc) is 3.16. The fraction of sp³-hybridized carbons (Fsp3) is 0.650. The number of carboxylic acid groups (broad SMARTS) is 1. The van der Waals surface area contributed by atoms with E-state index in [-0.39, 0.29) is 43.1 Å². The number of primary amides is 1. The Kier molecular flexibility index (Phi) is 24.0. The Labute approximate surface area is 347 Å². The molecule has 0 unspecified atom stereocenters. The van der Waals surface area contributed by atoms with E-state index in [0.717, 1.165) is 12.0 Å². The molecule has 1 aromatic rings. The molecule has 0 fully saturated rings. The molecule has 19 nitrogen and oxygen atoms in total. The third kappa shape index (κ3) is 21.3. The van der Waals surface area contributed by atoms with Gasteiger partial charge in [0.1, 0.15) is 24.2 Å². The highest BCUT2D eigenvalue weighted by Crippen LogP contribution is 2.11. The number of carboxylic acids is 1. The van der Waals surface area contributed by atoms with Crippen LogP contribution in [-0.2, 0) is 40.0 Å². The van der Waals surface area contributed by atoms with E-state index in [1.54, 1.807) is 0 Å². The number of guanidine groups is 1. The molecule has 6 amide bonds. The van der Waals surface area contributed by atoms with Gasteiger partial charge in [-0.3, -0.25) is 50.0 Å². The van der Waals surface area contributed by atoms with Crippen LogP contribution in [0.1, 0.15) is 98.5 Å². The summed E-state index contributed by atoms with van der Waals surface area (Å²) in [5, 5.41) is 26.3. The first kappa shape index (κ1) is 51.7. The zero-order valence-electron chi connectivity index (χ0n) is 35.6. The van der Waals surface area contributed by atoms with Crippen LogP contribution in [0.5, 0.6) is 0 Å². The third-order valence-electron chi connectivity index (χ3n) is 9.53. The maximum absolute atomic E-state index is 14.0. The number of hydrogen-bond donors (Lipinski definition) is 12. The fourth-order valence-corrected chi connectivity index (χ4v) is 6.14. The van der Waals surface area contributed by atoms with Crippen LogP contribution in [0.4, 0.5) is 0 Å². The predicted octanol–water partition coefficient (Wildman–Crippen LogP) is -3.38. The molecular formula is C40H71N11O8+2. The van der Waals surface area contributed by atoms with Gasteiger partial charge in [-0.2, -0.15) is 0 Å². The molecule has 59 heavy (non-hydrogen) atoms. The van der Waals surface area contributed by atoms with Crippen molar-refractivity contribution >= 4 is 47.4 Å². The summed E-state index contributed by atoms with van der Waals surface area (Å²) in [5.74, 6) is -4.83. The molecule has 0 aliphatic heterocycles. The van der Waals surface area contributed by atoms with Crippen LogP contribution < -0.4 is 59.8 Å². The second kappa shape index (κ2) is 27.4. The highest BCUT2D eigenvalue weighted by molar-refractivity contribution is 5.94. The monoisotopic (exact) mass is 834 g/mol. The van der Waals surface area contributed by atoms with Crippen molar-refractivity contribution in [1.29, 1.82) is 0 Å². The lowest BCUT2D eigenvalue weighted by Crippen LogP contribution is -2.78. The first-order valence-corrected chi connectivity index (χ1v) is 20.5. The standard InChI is InChI=1S/C40H69N11O8/c1-7-8-16-29(34(42)54)49-35(55)25(6)47-37(57)30(17-18-32(52)53)50-38(58)31(21-26-13-10-9-11-14-26)46-22-27(20-23(2)3)48-39(59)33(24(4)5)51-36(56)28(41)15-12-19-45-40(43)44/h9-11,13-14,23-25,27-31,33,46H,7-8,12,15-22,41H2,1-6H3,(H2,42,54)(H,47,57)(H,48,59)(H,49,55)(H,50,58)(H,51,56)(H,52,53)(H4,43,44,45)/p+2/t25-,27-,28-,29-,30-,31-,33-/m0/s1. The molecule has 1 rings (SSSR count). The number of nitrogens with one attached hydrogen (secondary N) is 7. The summed E-state index contributed by atoms with van der Waals surface area (Å²) in [6, 6.07) is 2.77. The van der Waals surface area contributed by atoms with Gasteiger partial charge in [0.25, 0.3) is 5.91 Å². The minimum absolute atomic E-state index is 0.0832. The summed E-state index contributed by atoms with van der Waals surface area (Å²) in [6.45, 7) is 11.5. The molecule has 0 bridgehead atoms. The van der Waals surface area contributed by atoms with Crippen LogP contribution in [0.3, 0.4) is 0 Å². The van der Waals surface area contributed by atoms with Crippen molar-refractivity contribution in [3.63, 3.8) is 0 Å². The number of amides is 6. The second-order valence-electron chi connectivity index (χ2n) is 15.8. The van der Waals surface area contributed by atoms with E-state index in [4.69, 9.17) is 17.2 Å². The van der Waals surface area contributed by atoms with Gasteiger partial charge in [0.15, 0.2) is 6.04 Å². The lowest BCUT2D eigenvalue weighted by molar-refractivity contribution is -0.463. The minimum Gasteiger partial charge on any atom is -0.481 e. The van der Waals surface area contributed by atoms with Crippen LogP contribution in [0.2, 0.25) is 0 Å². The fourth-order valence-electron chi connectivity index (χ4n) is 6.14. The van der Waals surface area contributed by atoms with Crippen LogP contribution in [-0.4, -0.2) is 108 Å². The Bertz CT molecular complexity index is 1540. The molecule has 0 saturated carbocycles. The van der Waals surface area contributed by atoms with Crippen molar-refractivity contribution in [2.24, 2.45) is 29.0 Å². The zero-order valence-corrected chi connectivity index (χ0v) is 35.6. The number of benzene rings is 1. The van der Waals surface area contributed by atoms with Crippen molar-refractivity contribution in [2.75, 3.05) is 13.1 Å². The Balaban J connectivity index is 3.23. The van der Waals surface area contributed by atoms with Gasteiger partial charge in [-0.05, 0) is 56.4 Å². The molecule has 1 aromatic carbocycles. The van der Waals surface area contributed by atoms with Gasteiger partial charge in [-0.15, -0.1) is 0 Å². The molecule has 0 aliphatic carbocycles. The first-order chi connectivity index (χ1) is 27.7. The largest absolute Gasteiger partial charge is 0.481 e. The number of hydrogen-bond acceptors (Lipinski definition) is 8. The van der Waals surface area contributed by atoms with E-state index in [1.807, 2.05) is 65.0 Å². The molecule has 0 heterocycles. The Hall–Kier alpha value is -5.30. The van der Waals surface area contributed by atoms with Crippen molar-refractivity contribution in [2.45, 2.75) is 142 Å². The molecule has 0 aromatic heterocycles. The Morgan fingerprint density at radius 1 is 0.729 bits per heavy atom. The van der Waals surface area contributed by atoms with Crippen LogP contribution in [0.15, 0.2) is 30.3 Å². The van der Waals surface area contributed by atoms with Gasteiger partial charge in [0.2, 0.25) is 29.5 Å². The highest BCUT2D eigenvalue weighted by Gasteiger charge is 2.32. The number of unbranched alkanes of at least 4 members (excludes halogenated alkanes) is 1. The number of nitrogens with two attached hydrogens (primary N) is 3. The maximum atomic E-state index is 14.0. The lowest BCUT2D eigenvalue weighted by atomic mass is 9.99. The molecule has 0 radical (unpaired) electrons. The summed E-state index contributed by atoms with van der Waals surface area (Å²) in [5.41, 5.74) is 21.0. The van der Waals surface area contributed by atoms with E-state index in [2.05, 4.69) is 42.6 Å². The van der Waals surface area contributed by atoms with Crippen molar-refractivity contribution in [3.05, 3.63) is 35.9 Å². The molecule has 19 heteroatoms. The van der Waals surface area contributed by atoms with E-state index >= 15 is 0 Å². The van der Waals surface area contributed by atoms with Gasteiger partial charge in [0.05, 0.1) is 12.6 Å². The third-order valence-corrected chi connectivity index (χ3v) is 9.53. The second-order valence-corrected chi connectivity index (χ2v) is 15.8. The van der Waals surface area contributed by atoms with Gasteiger partial charge in [0, 0.05) is 25.4 Å². The molecule has 332 valence electrons. The Morgan fingerprint density at radius 3 is 1.92 bits per heavy atom. The number of carbonyl (C=O) groups is 7. The van der Waals surface area contributed by atoms with Gasteiger partial charge in [-0.1, -0.05) is 77.8 Å². The molecular weight excluding hydrogens is 763 g/mol. The summed E-state index contributed by atoms with van der Waals surface area (Å²) < 4.78 is 0. The Morgan fingerprint density at radius 2 is 1.36 bits per heavy atom. The van der Waals surface area contributed by atoms with Gasteiger partial charge < -0.3 is 48.5 Å². The zero-order chi connectivity index (χ0) is 44.7. The number of aliphatic carboxylic acids is 1. The summed E-state index contributed by atoms with van der Waals surface area (Å²) >= 11 is 0. The van der Waals surface area contributed by atoms with Crippen molar-refractivity contribution < 1.29 is 49.4 Å². The summed E-state index contributed by atoms with van der Waals surface area (Å²) in [6.07, 6.45) is 2.70.